The summed E-state index contributed by atoms with van der Waals surface area (Å²) in [5.74, 6) is 1.03. The number of fused-ring (bicyclic) bond motifs is 1. The van der Waals surface area contributed by atoms with Crippen molar-refractivity contribution in [2.75, 3.05) is 37.6 Å². The number of halogens is 1. The van der Waals surface area contributed by atoms with Crippen molar-refractivity contribution < 1.29 is 4.79 Å². The van der Waals surface area contributed by atoms with Gasteiger partial charge in [0.1, 0.15) is 5.82 Å². The van der Waals surface area contributed by atoms with Gasteiger partial charge in [-0.3, -0.25) is 4.79 Å². The predicted molar refractivity (Wildman–Crippen MR) is 116 cm³/mol. The molecule has 2 fully saturated rings. The highest BCUT2D eigenvalue weighted by atomic mass is 35.5. The molecule has 0 saturated carbocycles. The minimum atomic E-state index is 0.0109. The van der Waals surface area contributed by atoms with Crippen LogP contribution in [0.2, 0.25) is 5.02 Å². The smallest absolute Gasteiger partial charge is 0.239 e. The Hall–Kier alpha value is -2.57. The number of hydrogen-bond donors (Lipinski definition) is 2. The van der Waals surface area contributed by atoms with Crippen molar-refractivity contribution in [1.82, 2.24) is 20.2 Å². The maximum atomic E-state index is 12.6. The lowest BCUT2D eigenvalue weighted by molar-refractivity contribution is -0.133. The highest BCUT2D eigenvalue weighted by Crippen LogP contribution is 2.32. The molecule has 2 aliphatic rings. The van der Waals surface area contributed by atoms with E-state index in [-0.39, 0.29) is 11.9 Å². The third kappa shape index (κ3) is 3.58. The second-order valence-electron chi connectivity index (χ2n) is 7.73. The van der Waals surface area contributed by atoms with E-state index in [1.165, 1.54) is 0 Å². The van der Waals surface area contributed by atoms with Gasteiger partial charge in [-0.2, -0.15) is 0 Å². The van der Waals surface area contributed by atoms with Crippen LogP contribution in [0.3, 0.4) is 0 Å². The van der Waals surface area contributed by atoms with Crippen LogP contribution in [0.15, 0.2) is 42.5 Å². The molecule has 3 heterocycles. The number of benzene rings is 2. The van der Waals surface area contributed by atoms with E-state index in [0.29, 0.717) is 5.02 Å². The predicted octanol–water partition coefficient (Wildman–Crippen LogP) is 3.28. The summed E-state index contributed by atoms with van der Waals surface area (Å²) in [7, 11) is 0. The van der Waals surface area contributed by atoms with Gasteiger partial charge in [-0.05, 0) is 49.7 Å². The number of rotatable bonds is 3. The number of imidazole rings is 1. The van der Waals surface area contributed by atoms with Crippen LogP contribution < -0.4 is 10.2 Å². The molecule has 6 nitrogen and oxygen atoms in total. The van der Waals surface area contributed by atoms with Crippen LogP contribution in [0.4, 0.5) is 5.69 Å². The second kappa shape index (κ2) is 7.69. The Morgan fingerprint density at radius 3 is 2.69 bits per heavy atom. The molecule has 0 aliphatic carbocycles. The first-order valence-electron chi connectivity index (χ1n) is 10.2. The van der Waals surface area contributed by atoms with Crippen molar-refractivity contribution >= 4 is 34.2 Å². The number of carbonyl (C=O) groups excluding carboxylic acids is 1. The van der Waals surface area contributed by atoms with Gasteiger partial charge in [-0.1, -0.05) is 23.7 Å². The fourth-order valence-electron chi connectivity index (χ4n) is 4.27. The topological polar surface area (TPSA) is 64.3 Å². The number of nitrogens with zero attached hydrogens (tertiary/aromatic N) is 3. The number of carbonyl (C=O) groups is 1. The van der Waals surface area contributed by atoms with Crippen LogP contribution in [0.5, 0.6) is 0 Å². The monoisotopic (exact) mass is 409 g/mol. The number of H-pyrrole nitrogens is 1. The molecule has 0 bridgehead atoms. The van der Waals surface area contributed by atoms with Crippen LogP contribution in [0, 0.1) is 0 Å². The number of anilines is 1. The van der Waals surface area contributed by atoms with Gasteiger partial charge in [0.2, 0.25) is 5.91 Å². The first kappa shape index (κ1) is 18.5. The van der Waals surface area contributed by atoms with Gasteiger partial charge in [0, 0.05) is 37.4 Å². The summed E-state index contributed by atoms with van der Waals surface area (Å²) in [6.45, 7) is 4.09. The van der Waals surface area contributed by atoms with Crippen molar-refractivity contribution in [3.05, 3.63) is 47.5 Å². The Bertz CT molecular complexity index is 1000. The molecular weight excluding hydrogens is 386 g/mol. The van der Waals surface area contributed by atoms with E-state index in [1.54, 1.807) is 0 Å². The summed E-state index contributed by atoms with van der Waals surface area (Å²) in [6.07, 6.45) is 2.04. The molecule has 0 spiro atoms. The molecule has 0 radical (unpaired) electrons. The molecule has 3 aromatic rings. The molecule has 150 valence electrons. The molecule has 1 atom stereocenters. The lowest BCUT2D eigenvalue weighted by Gasteiger charge is -2.37. The third-order valence-electron chi connectivity index (χ3n) is 5.91. The number of nitrogens with one attached hydrogen (secondary N) is 2. The standard InChI is InChI=1S/C22H24ClN5O/c23-17-8-7-15(14-16(17)21-25-18-4-1-2-5-19(18)26-21)27-10-12-28(13-11-27)22(29)20-6-3-9-24-20/h1-2,4-5,7-8,14,20,24H,3,6,9-13H2,(H,25,26)/t20-/m0/s1. The van der Waals surface area contributed by atoms with Gasteiger partial charge < -0.3 is 20.1 Å². The zero-order valence-electron chi connectivity index (χ0n) is 16.2. The van der Waals surface area contributed by atoms with Crippen LogP contribution in [0.25, 0.3) is 22.4 Å². The summed E-state index contributed by atoms with van der Waals surface area (Å²) in [6, 6.07) is 14.1. The molecule has 2 aliphatic heterocycles. The van der Waals surface area contributed by atoms with Crippen molar-refractivity contribution in [1.29, 1.82) is 0 Å². The maximum absolute atomic E-state index is 12.6. The van der Waals surface area contributed by atoms with Gasteiger partial charge in [-0.15, -0.1) is 0 Å². The van der Waals surface area contributed by atoms with Crippen molar-refractivity contribution in [2.24, 2.45) is 0 Å². The number of para-hydroxylation sites is 2. The Kier molecular flexibility index (Phi) is 4.89. The summed E-state index contributed by atoms with van der Waals surface area (Å²) < 4.78 is 0. The van der Waals surface area contributed by atoms with Crippen molar-refractivity contribution in [2.45, 2.75) is 18.9 Å². The highest BCUT2D eigenvalue weighted by molar-refractivity contribution is 6.33. The van der Waals surface area contributed by atoms with E-state index in [0.717, 1.165) is 73.7 Å². The molecule has 29 heavy (non-hydrogen) atoms. The van der Waals surface area contributed by atoms with E-state index >= 15 is 0 Å². The number of aromatic amines is 1. The number of piperazine rings is 1. The highest BCUT2D eigenvalue weighted by Gasteiger charge is 2.29. The first-order valence-corrected chi connectivity index (χ1v) is 10.6. The minimum absolute atomic E-state index is 0.0109. The molecule has 2 N–H and O–H groups in total. The van der Waals surface area contributed by atoms with Crippen LogP contribution >= 0.6 is 11.6 Å². The summed E-state index contributed by atoms with van der Waals surface area (Å²) in [4.78, 5) is 25.0. The molecule has 7 heteroatoms. The quantitative estimate of drug-likeness (QED) is 0.696. The SMILES string of the molecule is O=C([C@@H]1CCCN1)N1CCN(c2ccc(Cl)c(-c3nc4ccccc4[nH]3)c2)CC1. The Balaban J connectivity index is 1.33. The number of hydrogen-bond acceptors (Lipinski definition) is 4. The van der Waals surface area contributed by atoms with E-state index in [2.05, 4.69) is 21.3 Å². The van der Waals surface area contributed by atoms with E-state index in [9.17, 15) is 4.79 Å². The zero-order valence-corrected chi connectivity index (χ0v) is 17.0. The third-order valence-corrected chi connectivity index (χ3v) is 6.24. The average Bonchev–Trinajstić information content (AvgIpc) is 3.44. The fraction of sp³-hybridized carbons (Fsp3) is 0.364. The second-order valence-corrected chi connectivity index (χ2v) is 8.14. The average molecular weight is 410 g/mol. The van der Waals surface area contributed by atoms with Gasteiger partial charge in [0.25, 0.3) is 0 Å². The van der Waals surface area contributed by atoms with E-state index < -0.39 is 0 Å². The molecule has 5 rings (SSSR count). The summed E-state index contributed by atoms with van der Waals surface area (Å²) >= 11 is 6.50. The maximum Gasteiger partial charge on any atom is 0.239 e. The number of aromatic nitrogens is 2. The molecule has 1 aromatic heterocycles. The molecular formula is C22H24ClN5O. The van der Waals surface area contributed by atoms with Crippen molar-refractivity contribution in [3.63, 3.8) is 0 Å². The van der Waals surface area contributed by atoms with Gasteiger partial charge in [0.05, 0.1) is 22.1 Å². The fourth-order valence-corrected chi connectivity index (χ4v) is 4.48. The Labute approximate surface area is 174 Å². The summed E-state index contributed by atoms with van der Waals surface area (Å²) in [5, 5.41) is 3.98. The van der Waals surface area contributed by atoms with Crippen molar-refractivity contribution in [3.8, 4) is 11.4 Å². The van der Waals surface area contributed by atoms with Crippen LogP contribution in [-0.2, 0) is 4.79 Å². The van der Waals surface area contributed by atoms with Gasteiger partial charge in [-0.25, -0.2) is 4.98 Å². The lowest BCUT2D eigenvalue weighted by atomic mass is 10.1. The molecule has 1 amide bonds. The molecule has 2 saturated heterocycles. The molecule has 2 aromatic carbocycles. The Morgan fingerprint density at radius 1 is 1.10 bits per heavy atom. The van der Waals surface area contributed by atoms with Crippen LogP contribution in [0.1, 0.15) is 12.8 Å². The molecule has 0 unspecified atom stereocenters. The first-order chi connectivity index (χ1) is 14.2. The Morgan fingerprint density at radius 2 is 1.93 bits per heavy atom. The summed E-state index contributed by atoms with van der Waals surface area (Å²) in [5.41, 5.74) is 3.93. The number of amides is 1. The zero-order chi connectivity index (χ0) is 19.8. The van der Waals surface area contributed by atoms with Crippen LogP contribution in [-0.4, -0.2) is 59.5 Å². The van der Waals surface area contributed by atoms with E-state index in [1.807, 2.05) is 41.3 Å². The largest absolute Gasteiger partial charge is 0.368 e. The lowest BCUT2D eigenvalue weighted by Crippen LogP contribution is -2.53. The van der Waals surface area contributed by atoms with Gasteiger partial charge >= 0.3 is 0 Å². The minimum Gasteiger partial charge on any atom is -0.368 e. The van der Waals surface area contributed by atoms with Gasteiger partial charge in [0.15, 0.2) is 0 Å². The normalized spacial score (nSPS) is 19.8. The van der Waals surface area contributed by atoms with E-state index in [4.69, 9.17) is 16.6 Å².